The van der Waals surface area contributed by atoms with Crippen LogP contribution in [0.25, 0.3) is 0 Å². The largest absolute Gasteiger partial charge is 0.490 e. The minimum atomic E-state index is -4.02. The Morgan fingerprint density at radius 1 is 0.931 bits per heavy atom. The SMILES string of the molecule is C=C(OC)C(=O)OC.COC(=O)C(C)(OC)OC.Cc1ccc(S(=O)(=O)O)cc1. The predicted octanol–water partition coefficient (Wildman–Crippen LogP) is 1.73. The molecule has 0 aliphatic rings. The summed E-state index contributed by atoms with van der Waals surface area (Å²) in [5.41, 5.74) is 0.956. The van der Waals surface area contributed by atoms with Crippen molar-refractivity contribution in [3.05, 3.63) is 42.2 Å². The Hall–Kier alpha value is -2.47. The van der Waals surface area contributed by atoms with Crippen molar-refractivity contribution in [2.75, 3.05) is 35.5 Å². The van der Waals surface area contributed by atoms with Gasteiger partial charge in [-0.15, -0.1) is 0 Å². The highest BCUT2D eigenvalue weighted by Crippen LogP contribution is 2.10. The van der Waals surface area contributed by atoms with Crippen molar-refractivity contribution in [1.29, 1.82) is 0 Å². The maximum absolute atomic E-state index is 10.8. The second-order valence-electron chi connectivity index (χ2n) is 5.25. The smallest absolute Gasteiger partial charge is 0.372 e. The summed E-state index contributed by atoms with van der Waals surface area (Å²) in [5.74, 6) is -2.33. The quantitative estimate of drug-likeness (QED) is 0.231. The maximum atomic E-state index is 10.8. The summed E-state index contributed by atoms with van der Waals surface area (Å²) in [5, 5.41) is 0. The fourth-order valence-electron chi connectivity index (χ4n) is 1.34. The van der Waals surface area contributed by atoms with Crippen molar-refractivity contribution in [2.45, 2.75) is 24.5 Å². The zero-order chi connectivity index (χ0) is 23.3. The number of carbonyl (C=O) groups excluding carboxylic acids is 2. The van der Waals surface area contributed by atoms with E-state index in [1.54, 1.807) is 12.1 Å². The molecule has 0 saturated carbocycles. The first kappa shape index (κ1) is 28.7. The van der Waals surface area contributed by atoms with E-state index in [1.807, 2.05) is 6.92 Å². The highest BCUT2D eigenvalue weighted by Gasteiger charge is 2.34. The van der Waals surface area contributed by atoms with Gasteiger partial charge in [0.15, 0.2) is 5.76 Å². The lowest BCUT2D eigenvalue weighted by Gasteiger charge is -2.22. The van der Waals surface area contributed by atoms with E-state index in [4.69, 9.17) is 14.0 Å². The molecule has 0 amide bonds. The molecule has 1 rings (SSSR count). The summed E-state index contributed by atoms with van der Waals surface area (Å²) in [4.78, 5) is 21.1. The summed E-state index contributed by atoms with van der Waals surface area (Å²) >= 11 is 0. The van der Waals surface area contributed by atoms with Crippen LogP contribution in [-0.4, -0.2) is 66.2 Å². The Morgan fingerprint density at radius 3 is 1.59 bits per heavy atom. The number of benzene rings is 1. The number of aryl methyl sites for hydroxylation is 1. The molecule has 1 aromatic rings. The fraction of sp³-hybridized carbons (Fsp3) is 0.444. The third-order valence-electron chi connectivity index (χ3n) is 3.31. The van der Waals surface area contributed by atoms with Gasteiger partial charge < -0.3 is 23.7 Å². The van der Waals surface area contributed by atoms with Gasteiger partial charge in [-0.3, -0.25) is 4.55 Å². The Morgan fingerprint density at radius 2 is 1.38 bits per heavy atom. The van der Waals surface area contributed by atoms with E-state index in [-0.39, 0.29) is 10.7 Å². The molecule has 0 saturated heterocycles. The molecule has 0 aromatic heterocycles. The number of esters is 2. The van der Waals surface area contributed by atoms with Crippen LogP contribution in [0.15, 0.2) is 41.5 Å². The number of hydrogen-bond acceptors (Lipinski definition) is 9. The fourth-order valence-corrected chi connectivity index (χ4v) is 1.82. The molecule has 0 unspecified atom stereocenters. The molecule has 0 radical (unpaired) electrons. The van der Waals surface area contributed by atoms with Gasteiger partial charge in [0.05, 0.1) is 26.2 Å². The van der Waals surface area contributed by atoms with Crippen molar-refractivity contribution in [1.82, 2.24) is 0 Å². The minimum absolute atomic E-state index is 0.0208. The maximum Gasteiger partial charge on any atom is 0.372 e. The summed E-state index contributed by atoms with van der Waals surface area (Å²) in [6.07, 6.45) is 0. The van der Waals surface area contributed by atoms with Crippen LogP contribution < -0.4 is 0 Å². The van der Waals surface area contributed by atoms with E-state index in [0.717, 1.165) is 5.56 Å². The van der Waals surface area contributed by atoms with E-state index >= 15 is 0 Å². The van der Waals surface area contributed by atoms with Crippen LogP contribution in [0.1, 0.15) is 12.5 Å². The van der Waals surface area contributed by atoms with Crippen molar-refractivity contribution in [3.8, 4) is 0 Å². The highest BCUT2D eigenvalue weighted by molar-refractivity contribution is 7.85. The molecule has 0 spiro atoms. The van der Waals surface area contributed by atoms with Gasteiger partial charge in [0, 0.05) is 21.1 Å². The lowest BCUT2D eigenvalue weighted by molar-refractivity contribution is -0.220. The number of rotatable bonds is 6. The van der Waals surface area contributed by atoms with E-state index in [0.29, 0.717) is 0 Å². The topological polar surface area (TPSA) is 135 Å². The van der Waals surface area contributed by atoms with Gasteiger partial charge in [0.25, 0.3) is 15.9 Å². The van der Waals surface area contributed by atoms with Gasteiger partial charge >= 0.3 is 11.9 Å². The van der Waals surface area contributed by atoms with E-state index in [9.17, 15) is 18.0 Å². The molecule has 0 fully saturated rings. The molecule has 0 heterocycles. The van der Waals surface area contributed by atoms with E-state index in [2.05, 4.69) is 20.8 Å². The number of carbonyl (C=O) groups is 2. The molecule has 0 aliphatic carbocycles. The van der Waals surface area contributed by atoms with Crippen LogP contribution in [0.2, 0.25) is 0 Å². The Kier molecular flexibility index (Phi) is 13.5. The van der Waals surface area contributed by atoms with Crippen LogP contribution in [-0.2, 0) is 43.4 Å². The summed E-state index contributed by atoms with van der Waals surface area (Å²) in [7, 11) is 2.64. The molecule has 0 bridgehead atoms. The minimum Gasteiger partial charge on any atom is -0.490 e. The predicted molar refractivity (Wildman–Crippen MR) is 104 cm³/mol. The Bertz CT molecular complexity index is 735. The monoisotopic (exact) mass is 436 g/mol. The summed E-state index contributed by atoms with van der Waals surface area (Å²) < 4.78 is 52.1. The molecule has 11 heteroatoms. The zero-order valence-electron chi connectivity index (χ0n) is 17.5. The van der Waals surface area contributed by atoms with Crippen molar-refractivity contribution in [3.63, 3.8) is 0 Å². The molecule has 0 aliphatic heterocycles. The molecule has 29 heavy (non-hydrogen) atoms. The van der Waals surface area contributed by atoms with Crippen LogP contribution >= 0.6 is 0 Å². The van der Waals surface area contributed by atoms with Gasteiger partial charge in [0.1, 0.15) is 0 Å². The first-order chi connectivity index (χ1) is 13.3. The second-order valence-corrected chi connectivity index (χ2v) is 6.67. The molecule has 166 valence electrons. The molecule has 1 aromatic carbocycles. The third kappa shape index (κ3) is 11.2. The van der Waals surface area contributed by atoms with Gasteiger partial charge in [-0.05, 0) is 25.6 Å². The number of methoxy groups -OCH3 is 5. The van der Waals surface area contributed by atoms with Crippen LogP contribution in [0.5, 0.6) is 0 Å². The van der Waals surface area contributed by atoms with Gasteiger partial charge in [-0.25, -0.2) is 9.59 Å². The molecular formula is C18H28O10S. The highest BCUT2D eigenvalue weighted by atomic mass is 32.2. The Labute approximate surface area is 171 Å². The number of hydrogen-bond donors (Lipinski definition) is 1. The summed E-state index contributed by atoms with van der Waals surface area (Å²) in [6, 6.07) is 5.99. The van der Waals surface area contributed by atoms with Crippen LogP contribution in [0.3, 0.4) is 0 Å². The standard InChI is InChI=1S/C7H8O3S.C6H12O4.C5H8O3/c1-6-2-4-7(5-3-6)11(8,9)10;1-6(9-3,10-4)5(7)8-2;1-4(7-2)5(6)8-3/h2-5H,1H3,(H,8,9,10);1-4H3;1H2,2-3H3. The average Bonchev–Trinajstić information content (AvgIpc) is 2.71. The van der Waals surface area contributed by atoms with E-state index in [1.165, 1.54) is 54.6 Å². The van der Waals surface area contributed by atoms with E-state index < -0.39 is 27.8 Å². The molecular weight excluding hydrogens is 408 g/mol. The summed E-state index contributed by atoms with van der Waals surface area (Å²) in [6.45, 7) is 6.57. The molecule has 1 N–H and O–H groups in total. The lowest BCUT2D eigenvalue weighted by atomic mass is 10.2. The van der Waals surface area contributed by atoms with Crippen LogP contribution in [0, 0.1) is 6.92 Å². The first-order valence-electron chi connectivity index (χ1n) is 7.87. The molecule has 0 atom stereocenters. The lowest BCUT2D eigenvalue weighted by Crippen LogP contribution is -2.40. The van der Waals surface area contributed by atoms with Crippen molar-refractivity contribution in [2.24, 2.45) is 0 Å². The van der Waals surface area contributed by atoms with Crippen LogP contribution in [0.4, 0.5) is 0 Å². The second kappa shape index (κ2) is 13.7. The molecule has 10 nitrogen and oxygen atoms in total. The van der Waals surface area contributed by atoms with Gasteiger partial charge in [0.2, 0.25) is 0 Å². The van der Waals surface area contributed by atoms with Crippen molar-refractivity contribution >= 4 is 22.1 Å². The normalized spacial score (nSPS) is 10.3. The third-order valence-corrected chi connectivity index (χ3v) is 4.18. The number of ether oxygens (including phenoxy) is 5. The average molecular weight is 436 g/mol. The zero-order valence-corrected chi connectivity index (χ0v) is 18.4. The van der Waals surface area contributed by atoms with Crippen molar-refractivity contribution < 1.29 is 46.2 Å². The van der Waals surface area contributed by atoms with Gasteiger partial charge in [-0.2, -0.15) is 8.42 Å². The Balaban J connectivity index is 0. The first-order valence-corrected chi connectivity index (χ1v) is 9.31. The van der Waals surface area contributed by atoms with Gasteiger partial charge in [-0.1, -0.05) is 17.7 Å².